The van der Waals surface area contributed by atoms with Crippen LogP contribution in [0.15, 0.2) is 47.0 Å². The van der Waals surface area contributed by atoms with Gasteiger partial charge in [0.05, 0.1) is 13.2 Å². The molecule has 28 heavy (non-hydrogen) atoms. The zero-order valence-corrected chi connectivity index (χ0v) is 16.1. The number of amides is 1. The molecule has 0 unspecified atom stereocenters. The van der Waals surface area contributed by atoms with Crippen LogP contribution in [0.2, 0.25) is 5.02 Å². The lowest BCUT2D eigenvalue weighted by molar-refractivity contribution is 0.0960. The molecule has 0 atom stereocenters. The molecule has 3 aromatic rings. The fourth-order valence-electron chi connectivity index (χ4n) is 2.37. The van der Waals surface area contributed by atoms with Crippen molar-refractivity contribution < 1.29 is 18.8 Å². The minimum Gasteiger partial charge on any atom is -0.490 e. The zero-order chi connectivity index (χ0) is 19.9. The van der Waals surface area contributed by atoms with Gasteiger partial charge in [0.25, 0.3) is 5.91 Å². The van der Waals surface area contributed by atoms with Gasteiger partial charge in [0.1, 0.15) is 0 Å². The molecule has 0 saturated carbocycles. The number of halogens is 1. The van der Waals surface area contributed by atoms with E-state index in [2.05, 4.69) is 21.0 Å². The highest BCUT2D eigenvalue weighted by atomic mass is 35.5. The number of carbonyl (C=O) groups is 1. The van der Waals surface area contributed by atoms with Crippen LogP contribution in [0.25, 0.3) is 11.4 Å². The summed E-state index contributed by atoms with van der Waals surface area (Å²) >= 11 is 5.86. The van der Waals surface area contributed by atoms with Crippen LogP contribution in [-0.4, -0.2) is 29.3 Å². The van der Waals surface area contributed by atoms with Crippen LogP contribution in [0, 0.1) is 0 Å². The highest BCUT2D eigenvalue weighted by Crippen LogP contribution is 2.28. The van der Waals surface area contributed by atoms with Crippen LogP contribution in [-0.2, 0) is 0 Å². The Hall–Kier alpha value is -3.26. The molecule has 0 spiro atoms. The molecule has 9 heteroatoms. The first-order chi connectivity index (χ1) is 13.6. The van der Waals surface area contributed by atoms with Crippen LogP contribution in [0.3, 0.4) is 0 Å². The van der Waals surface area contributed by atoms with Crippen LogP contribution >= 0.6 is 11.6 Å². The lowest BCUT2D eigenvalue weighted by atomic mass is 10.2. The molecule has 3 rings (SSSR count). The summed E-state index contributed by atoms with van der Waals surface area (Å²) in [6, 6.07) is 12.0. The summed E-state index contributed by atoms with van der Waals surface area (Å²) < 4.78 is 16.1. The maximum Gasteiger partial charge on any atom is 0.340 e. The van der Waals surface area contributed by atoms with E-state index in [4.69, 9.17) is 25.6 Å². The van der Waals surface area contributed by atoms with Crippen LogP contribution in [0.1, 0.15) is 24.2 Å². The van der Waals surface area contributed by atoms with Crippen molar-refractivity contribution in [2.75, 3.05) is 18.6 Å². The molecule has 8 nitrogen and oxygen atoms in total. The van der Waals surface area contributed by atoms with Gasteiger partial charge in [-0.2, -0.15) is 4.98 Å². The fraction of sp³-hybridized carbons (Fsp3) is 0.211. The second-order valence-corrected chi connectivity index (χ2v) is 5.97. The molecule has 0 aliphatic heterocycles. The first-order valence-corrected chi connectivity index (χ1v) is 9.04. The Bertz CT molecular complexity index is 943. The number of nitrogens with zero attached hydrogens (tertiary/aromatic N) is 2. The van der Waals surface area contributed by atoms with Gasteiger partial charge in [-0.05, 0) is 56.3 Å². The molecule has 0 radical (unpaired) electrons. The third-order valence-corrected chi connectivity index (χ3v) is 3.87. The van der Waals surface area contributed by atoms with Crippen molar-refractivity contribution in [1.29, 1.82) is 0 Å². The maximum absolute atomic E-state index is 12.4. The summed E-state index contributed by atoms with van der Waals surface area (Å²) in [5.41, 5.74) is 6.23. The van der Waals surface area contributed by atoms with Crippen molar-refractivity contribution in [3.8, 4) is 22.9 Å². The predicted molar refractivity (Wildman–Crippen MR) is 105 cm³/mol. The molecule has 0 fully saturated rings. The van der Waals surface area contributed by atoms with Gasteiger partial charge >= 0.3 is 6.01 Å². The van der Waals surface area contributed by atoms with E-state index in [-0.39, 0.29) is 6.01 Å². The Morgan fingerprint density at radius 1 is 1.07 bits per heavy atom. The van der Waals surface area contributed by atoms with Crippen molar-refractivity contribution in [2.45, 2.75) is 13.8 Å². The molecular weight excluding hydrogens is 384 g/mol. The summed E-state index contributed by atoms with van der Waals surface area (Å²) in [4.78, 5) is 16.6. The number of nitrogens with one attached hydrogen (secondary N) is 2. The van der Waals surface area contributed by atoms with E-state index in [9.17, 15) is 4.79 Å². The average Bonchev–Trinajstić information content (AvgIpc) is 3.17. The van der Waals surface area contributed by atoms with Gasteiger partial charge in [0.15, 0.2) is 11.5 Å². The average molecular weight is 403 g/mol. The van der Waals surface area contributed by atoms with Crippen molar-refractivity contribution in [3.05, 3.63) is 53.1 Å². The smallest absolute Gasteiger partial charge is 0.340 e. The summed E-state index contributed by atoms with van der Waals surface area (Å²) in [6.45, 7) is 4.69. The van der Waals surface area contributed by atoms with Gasteiger partial charge in [-0.15, -0.1) is 0 Å². The summed E-state index contributed by atoms with van der Waals surface area (Å²) in [6.07, 6.45) is 0. The largest absolute Gasteiger partial charge is 0.490 e. The number of carbonyl (C=O) groups excluding carboxylic acids is 1. The Morgan fingerprint density at radius 2 is 1.79 bits per heavy atom. The lowest BCUT2D eigenvalue weighted by Gasteiger charge is -2.12. The Balaban J connectivity index is 1.65. The van der Waals surface area contributed by atoms with E-state index >= 15 is 0 Å². The van der Waals surface area contributed by atoms with Crippen LogP contribution < -0.4 is 20.3 Å². The SMILES string of the molecule is CCOc1ccc(C(=O)NNc2nc(-c3ccc(Cl)cc3)no2)cc1OCC. The Kier molecular flexibility index (Phi) is 6.33. The van der Waals surface area contributed by atoms with Gasteiger partial charge in [-0.3, -0.25) is 10.2 Å². The number of benzene rings is 2. The monoisotopic (exact) mass is 402 g/mol. The summed E-state index contributed by atoms with van der Waals surface area (Å²) in [5.74, 6) is 1.06. The molecule has 0 saturated heterocycles. The van der Waals surface area contributed by atoms with Crippen LogP contribution in [0.5, 0.6) is 11.5 Å². The lowest BCUT2D eigenvalue weighted by Crippen LogP contribution is -2.29. The maximum atomic E-state index is 12.4. The Morgan fingerprint density at radius 3 is 2.50 bits per heavy atom. The Labute approximate surface area is 166 Å². The number of hydrogen-bond donors (Lipinski definition) is 2. The van der Waals surface area contributed by atoms with Gasteiger partial charge < -0.3 is 14.0 Å². The number of rotatable bonds is 8. The van der Waals surface area contributed by atoms with E-state index in [1.165, 1.54) is 0 Å². The van der Waals surface area contributed by atoms with E-state index < -0.39 is 5.91 Å². The molecule has 1 heterocycles. The zero-order valence-electron chi connectivity index (χ0n) is 15.4. The van der Waals surface area contributed by atoms with Crippen molar-refractivity contribution in [3.63, 3.8) is 0 Å². The summed E-state index contributed by atoms with van der Waals surface area (Å²) in [5, 5.41) is 4.47. The first kappa shape index (κ1) is 19.5. The second kappa shape index (κ2) is 9.09. The molecule has 2 N–H and O–H groups in total. The molecule has 0 aliphatic carbocycles. The number of hydrogen-bond acceptors (Lipinski definition) is 7. The number of ether oxygens (including phenoxy) is 2. The highest BCUT2D eigenvalue weighted by molar-refractivity contribution is 6.30. The third-order valence-electron chi connectivity index (χ3n) is 3.62. The molecular formula is C19H19ClN4O4. The molecule has 0 bridgehead atoms. The number of hydrazine groups is 1. The quantitative estimate of drug-likeness (QED) is 0.550. The van der Waals surface area contributed by atoms with Gasteiger partial charge in [0, 0.05) is 16.1 Å². The number of aromatic nitrogens is 2. The number of anilines is 1. The van der Waals surface area contributed by atoms with E-state index in [1.54, 1.807) is 42.5 Å². The highest BCUT2D eigenvalue weighted by Gasteiger charge is 2.13. The summed E-state index contributed by atoms with van der Waals surface area (Å²) in [7, 11) is 0. The first-order valence-electron chi connectivity index (χ1n) is 8.66. The van der Waals surface area contributed by atoms with E-state index in [0.717, 1.165) is 5.56 Å². The van der Waals surface area contributed by atoms with Crippen molar-refractivity contribution in [1.82, 2.24) is 15.6 Å². The minimum absolute atomic E-state index is 0.0502. The van der Waals surface area contributed by atoms with E-state index in [0.29, 0.717) is 41.1 Å². The third kappa shape index (κ3) is 4.72. The standard InChI is InChI=1S/C19H19ClN4O4/c1-3-26-15-10-7-13(11-16(15)27-4-2)18(25)22-23-19-21-17(24-28-19)12-5-8-14(20)9-6-12/h5-11H,3-4H2,1-2H3,(H,22,25)(H,21,23,24). The second-order valence-electron chi connectivity index (χ2n) is 5.54. The van der Waals surface area contributed by atoms with Gasteiger partial charge in [0.2, 0.25) is 5.82 Å². The van der Waals surface area contributed by atoms with Crippen LogP contribution in [0.4, 0.5) is 6.01 Å². The molecule has 0 aliphatic rings. The topological polar surface area (TPSA) is 98.5 Å². The molecule has 2 aromatic carbocycles. The van der Waals surface area contributed by atoms with Gasteiger partial charge in [-0.1, -0.05) is 16.8 Å². The minimum atomic E-state index is -0.393. The molecule has 146 valence electrons. The molecule has 1 amide bonds. The molecule has 1 aromatic heterocycles. The normalized spacial score (nSPS) is 10.4. The fourth-order valence-corrected chi connectivity index (χ4v) is 2.49. The van der Waals surface area contributed by atoms with Gasteiger partial charge in [-0.25, -0.2) is 5.43 Å². The van der Waals surface area contributed by atoms with E-state index in [1.807, 2.05) is 13.8 Å². The van der Waals surface area contributed by atoms with Crippen molar-refractivity contribution >= 4 is 23.5 Å². The predicted octanol–water partition coefficient (Wildman–Crippen LogP) is 3.94. The van der Waals surface area contributed by atoms with Crippen molar-refractivity contribution in [2.24, 2.45) is 0 Å².